The van der Waals surface area contributed by atoms with Crippen molar-refractivity contribution in [3.8, 4) is 11.5 Å². The summed E-state index contributed by atoms with van der Waals surface area (Å²) in [4.78, 5) is 39.8. The van der Waals surface area contributed by atoms with Gasteiger partial charge in [-0.2, -0.15) is 0 Å². The second-order valence-corrected chi connectivity index (χ2v) is 12.0. The van der Waals surface area contributed by atoms with Crippen LogP contribution in [-0.4, -0.2) is 78.3 Å². The van der Waals surface area contributed by atoms with Crippen LogP contribution in [-0.2, 0) is 9.59 Å². The molecule has 10 heteroatoms. The number of rotatable bonds is 13. The normalized spacial score (nSPS) is 21.4. The number of carbonyl (C=O) groups excluding carboxylic acids is 3. The van der Waals surface area contributed by atoms with Crippen LogP contribution in [0.5, 0.6) is 11.5 Å². The lowest BCUT2D eigenvalue weighted by Gasteiger charge is -2.41. The molecule has 3 atom stereocenters. The van der Waals surface area contributed by atoms with Crippen molar-refractivity contribution in [2.45, 2.75) is 77.0 Å². The van der Waals surface area contributed by atoms with E-state index in [1.165, 1.54) is 7.11 Å². The van der Waals surface area contributed by atoms with Crippen molar-refractivity contribution in [3.05, 3.63) is 32.9 Å². The Morgan fingerprint density at radius 3 is 2.59 bits per heavy atom. The summed E-state index contributed by atoms with van der Waals surface area (Å²) in [5.74, 6) is 0.976. The van der Waals surface area contributed by atoms with Crippen LogP contribution in [0.2, 0.25) is 0 Å². The molecular formula is C29H41IN2O7. The number of nitrogens with one attached hydrogen (secondary N) is 1. The van der Waals surface area contributed by atoms with Crippen molar-refractivity contribution in [1.29, 1.82) is 0 Å². The van der Waals surface area contributed by atoms with E-state index in [0.29, 0.717) is 57.3 Å². The van der Waals surface area contributed by atoms with Gasteiger partial charge in [-0.25, -0.2) is 0 Å². The highest BCUT2D eigenvalue weighted by Gasteiger charge is 2.41. The summed E-state index contributed by atoms with van der Waals surface area (Å²) in [6, 6.07) is 2.53. The van der Waals surface area contributed by atoms with Crippen molar-refractivity contribution in [2.75, 3.05) is 26.8 Å². The second-order valence-electron chi connectivity index (χ2n) is 10.8. The average Bonchev–Trinajstić information content (AvgIpc) is 3.42. The van der Waals surface area contributed by atoms with Gasteiger partial charge in [-0.05, 0) is 71.9 Å². The van der Waals surface area contributed by atoms with Gasteiger partial charge in [0, 0.05) is 37.1 Å². The molecule has 0 saturated heterocycles. The molecule has 0 unspecified atom stereocenters. The van der Waals surface area contributed by atoms with Crippen LogP contribution in [0.3, 0.4) is 0 Å². The molecule has 1 aromatic carbocycles. The molecule has 39 heavy (non-hydrogen) atoms. The van der Waals surface area contributed by atoms with Gasteiger partial charge in [0.2, 0.25) is 11.8 Å². The van der Waals surface area contributed by atoms with Gasteiger partial charge in [0.05, 0.1) is 23.3 Å². The summed E-state index contributed by atoms with van der Waals surface area (Å²) >= 11 is 2.04. The Bertz CT molecular complexity index is 1040. The minimum absolute atomic E-state index is 0.00939. The lowest BCUT2D eigenvalue weighted by molar-refractivity contribution is -0.139. The van der Waals surface area contributed by atoms with Crippen LogP contribution < -0.4 is 14.8 Å². The highest BCUT2D eigenvalue weighted by molar-refractivity contribution is 14.1. The molecule has 3 N–H and O–H groups in total. The zero-order chi connectivity index (χ0) is 28.5. The summed E-state index contributed by atoms with van der Waals surface area (Å²) in [6.07, 6.45) is 5.94. The van der Waals surface area contributed by atoms with Crippen LogP contribution in [0.1, 0.15) is 69.2 Å². The molecule has 2 aliphatic carbocycles. The van der Waals surface area contributed by atoms with Crippen LogP contribution in [0.4, 0.5) is 0 Å². The molecule has 0 spiro atoms. The number of halogens is 1. The summed E-state index contributed by atoms with van der Waals surface area (Å²) in [7, 11) is 1.46. The smallest absolute Gasteiger partial charge is 0.247 e. The van der Waals surface area contributed by atoms with E-state index in [-0.39, 0.29) is 31.4 Å². The van der Waals surface area contributed by atoms with Gasteiger partial charge in [0.1, 0.15) is 18.5 Å². The molecule has 2 amide bonds. The van der Waals surface area contributed by atoms with Gasteiger partial charge < -0.3 is 29.9 Å². The first kappa shape index (κ1) is 31.3. The zero-order valence-corrected chi connectivity index (χ0v) is 25.2. The van der Waals surface area contributed by atoms with Crippen LogP contribution in [0, 0.1) is 15.4 Å². The molecule has 9 nitrogen and oxygen atoms in total. The van der Waals surface area contributed by atoms with E-state index in [1.807, 2.05) is 22.6 Å². The molecule has 0 aliphatic heterocycles. The zero-order valence-electron chi connectivity index (χ0n) is 23.0. The molecule has 0 radical (unpaired) electrons. The number of hydrogen-bond acceptors (Lipinski definition) is 7. The number of aliphatic hydroxyl groups is 2. The summed E-state index contributed by atoms with van der Waals surface area (Å²) in [5, 5.41) is 23.5. The number of amides is 2. The fourth-order valence-corrected chi connectivity index (χ4v) is 6.04. The highest BCUT2D eigenvalue weighted by Crippen LogP contribution is 2.37. The number of hydrogen-bond donors (Lipinski definition) is 3. The number of carbonyl (C=O) groups is 3. The first-order valence-electron chi connectivity index (χ1n) is 13.7. The minimum Gasteiger partial charge on any atom is -0.493 e. The third kappa shape index (κ3) is 8.40. The Kier molecular flexibility index (Phi) is 12.1. The van der Waals surface area contributed by atoms with E-state index in [0.717, 1.165) is 32.1 Å². The van der Waals surface area contributed by atoms with Crippen LogP contribution in [0.25, 0.3) is 0 Å². The number of methoxy groups -OCH3 is 1. The molecule has 1 fully saturated rings. The first-order chi connectivity index (χ1) is 18.7. The number of ether oxygens (including phenoxy) is 2. The Hall–Kier alpha value is -2.18. The average molecular weight is 657 g/mol. The fraction of sp³-hybridized carbons (Fsp3) is 0.621. The Labute approximate surface area is 244 Å². The van der Waals surface area contributed by atoms with Crippen LogP contribution >= 0.6 is 22.6 Å². The lowest BCUT2D eigenvalue weighted by Crippen LogP contribution is -2.55. The third-order valence-electron chi connectivity index (χ3n) is 7.46. The molecule has 2 aliphatic rings. The molecule has 216 valence electrons. The Morgan fingerprint density at radius 1 is 1.26 bits per heavy atom. The van der Waals surface area contributed by atoms with E-state index >= 15 is 0 Å². The summed E-state index contributed by atoms with van der Waals surface area (Å²) < 4.78 is 12.4. The van der Waals surface area contributed by atoms with E-state index in [9.17, 15) is 24.6 Å². The van der Waals surface area contributed by atoms with E-state index in [1.54, 1.807) is 23.1 Å². The molecule has 0 aromatic heterocycles. The van der Waals surface area contributed by atoms with E-state index in [4.69, 9.17) is 9.47 Å². The van der Waals surface area contributed by atoms with Gasteiger partial charge in [-0.15, -0.1) is 0 Å². The van der Waals surface area contributed by atoms with Gasteiger partial charge >= 0.3 is 0 Å². The highest BCUT2D eigenvalue weighted by atomic mass is 127. The number of aldehydes is 1. The van der Waals surface area contributed by atoms with Crippen LogP contribution in [0.15, 0.2) is 23.8 Å². The maximum absolute atomic E-state index is 13.7. The minimum atomic E-state index is -1.11. The molecule has 0 heterocycles. The molecule has 3 rings (SSSR count). The topological polar surface area (TPSA) is 125 Å². The maximum Gasteiger partial charge on any atom is 0.247 e. The molecule has 1 aromatic rings. The summed E-state index contributed by atoms with van der Waals surface area (Å²) in [5.41, 5.74) is 0.799. The number of nitrogens with zero attached hydrogens (tertiary/aromatic N) is 1. The molecule has 1 saturated carbocycles. The van der Waals surface area contributed by atoms with Crippen molar-refractivity contribution in [3.63, 3.8) is 0 Å². The van der Waals surface area contributed by atoms with Gasteiger partial charge in [-0.3, -0.25) is 14.4 Å². The van der Waals surface area contributed by atoms with Crippen molar-refractivity contribution in [1.82, 2.24) is 10.2 Å². The fourth-order valence-electron chi connectivity index (χ4n) is 5.29. The van der Waals surface area contributed by atoms with Gasteiger partial charge in [0.15, 0.2) is 11.5 Å². The maximum atomic E-state index is 13.7. The lowest BCUT2D eigenvalue weighted by atomic mass is 9.87. The number of aliphatic hydroxyl groups excluding tert-OH is 2. The molecule has 0 bridgehead atoms. The Balaban J connectivity index is 1.97. The monoisotopic (exact) mass is 656 g/mol. The van der Waals surface area contributed by atoms with Gasteiger partial charge in [0.25, 0.3) is 0 Å². The van der Waals surface area contributed by atoms with Crippen molar-refractivity contribution in [2.24, 2.45) is 11.8 Å². The van der Waals surface area contributed by atoms with E-state index in [2.05, 4.69) is 19.2 Å². The standard InChI is InChI=1S/C29H41IN2O7/c1-18(2)8-10-32(26(35)14-19-6-4-5-7-19)23-15-21(29(37)31-9-11-33)16-24(27(23)36)39-28-22(30)12-20(17-34)13-25(28)38-3/h12-13,16-19,23-24,27,33,36H,4-11,14-15H2,1-3H3,(H,31,37)/t23-,24+,27+/m1/s1. The quantitative estimate of drug-likeness (QED) is 0.219. The predicted octanol–water partition coefficient (Wildman–Crippen LogP) is 3.48. The van der Waals surface area contributed by atoms with E-state index < -0.39 is 18.2 Å². The second kappa shape index (κ2) is 15.0. The van der Waals surface area contributed by atoms with Crippen molar-refractivity contribution < 1.29 is 34.1 Å². The summed E-state index contributed by atoms with van der Waals surface area (Å²) in [6.45, 7) is 4.54. The Morgan fingerprint density at radius 2 is 1.97 bits per heavy atom. The third-order valence-corrected chi connectivity index (χ3v) is 8.26. The predicted molar refractivity (Wildman–Crippen MR) is 156 cm³/mol. The first-order valence-corrected chi connectivity index (χ1v) is 14.8. The van der Waals surface area contributed by atoms with Gasteiger partial charge in [-0.1, -0.05) is 26.7 Å². The number of benzene rings is 1. The largest absolute Gasteiger partial charge is 0.493 e. The molecular weight excluding hydrogens is 615 g/mol. The SMILES string of the molecule is COc1cc(C=O)cc(I)c1O[C@H]1C=C(C(=O)NCCO)C[C@@H](N(CCC(C)C)C(=O)CC2CCCC2)[C@@H]1O. The van der Waals surface area contributed by atoms with Crippen molar-refractivity contribution >= 4 is 40.7 Å².